The predicted molar refractivity (Wildman–Crippen MR) is 69.1 cm³/mol. The molecule has 1 saturated carbocycles. The Kier molecular flexibility index (Phi) is 3.92. The SMILES string of the molecule is O=C(O)CC1(Nc2cc(Cl)nnc2Cl)CCCC1. The maximum atomic E-state index is 11.0. The zero-order chi connectivity index (χ0) is 13.2. The quantitative estimate of drug-likeness (QED) is 0.891. The average Bonchev–Trinajstić information content (AvgIpc) is 2.71. The lowest BCUT2D eigenvalue weighted by Crippen LogP contribution is -2.37. The molecule has 2 N–H and O–H groups in total. The van der Waals surface area contributed by atoms with E-state index < -0.39 is 11.5 Å². The Balaban J connectivity index is 2.23. The lowest BCUT2D eigenvalue weighted by molar-refractivity contribution is -0.138. The van der Waals surface area contributed by atoms with Gasteiger partial charge in [-0.05, 0) is 12.8 Å². The van der Waals surface area contributed by atoms with Crippen molar-refractivity contribution in [1.29, 1.82) is 0 Å². The number of hydrogen-bond donors (Lipinski definition) is 2. The standard InChI is InChI=1S/C11H13Cl2N3O2/c12-8-5-7(10(13)16-15-8)14-11(6-9(17)18)3-1-2-4-11/h5H,1-4,6H2,(H,14,15)(H,17,18). The predicted octanol–water partition coefficient (Wildman–Crippen LogP) is 2.98. The highest BCUT2D eigenvalue weighted by Crippen LogP contribution is 2.37. The first-order valence-electron chi connectivity index (χ1n) is 5.69. The lowest BCUT2D eigenvalue weighted by Gasteiger charge is -2.30. The molecule has 1 fully saturated rings. The maximum absolute atomic E-state index is 11.0. The summed E-state index contributed by atoms with van der Waals surface area (Å²) in [6, 6.07) is 1.57. The van der Waals surface area contributed by atoms with Gasteiger partial charge in [-0.3, -0.25) is 4.79 Å². The van der Waals surface area contributed by atoms with E-state index in [2.05, 4.69) is 15.5 Å². The molecule has 0 aromatic carbocycles. The largest absolute Gasteiger partial charge is 0.481 e. The Labute approximate surface area is 115 Å². The molecule has 1 aliphatic rings. The molecule has 0 radical (unpaired) electrons. The fraction of sp³-hybridized carbons (Fsp3) is 0.545. The van der Waals surface area contributed by atoms with Gasteiger partial charge < -0.3 is 10.4 Å². The summed E-state index contributed by atoms with van der Waals surface area (Å²) in [5.41, 5.74) is 0.0850. The minimum absolute atomic E-state index is 0.0588. The number of aromatic nitrogens is 2. The van der Waals surface area contributed by atoms with E-state index in [1.54, 1.807) is 6.07 Å². The second kappa shape index (κ2) is 5.28. The molecule has 2 rings (SSSR count). The molecule has 18 heavy (non-hydrogen) atoms. The summed E-state index contributed by atoms with van der Waals surface area (Å²) < 4.78 is 0. The van der Waals surface area contributed by atoms with Crippen LogP contribution in [0.5, 0.6) is 0 Å². The summed E-state index contributed by atoms with van der Waals surface area (Å²) >= 11 is 11.7. The second-order valence-electron chi connectivity index (χ2n) is 4.55. The van der Waals surface area contributed by atoms with Crippen LogP contribution in [-0.4, -0.2) is 26.8 Å². The monoisotopic (exact) mass is 289 g/mol. The summed E-state index contributed by atoms with van der Waals surface area (Å²) in [7, 11) is 0. The van der Waals surface area contributed by atoms with Crippen LogP contribution in [0.15, 0.2) is 6.07 Å². The number of carboxylic acids is 1. The van der Waals surface area contributed by atoms with Crippen LogP contribution in [0.25, 0.3) is 0 Å². The normalized spacial score (nSPS) is 17.7. The van der Waals surface area contributed by atoms with Crippen molar-refractivity contribution >= 4 is 34.9 Å². The Hall–Kier alpha value is -1.07. The molecule has 0 atom stereocenters. The first-order chi connectivity index (χ1) is 8.51. The molecule has 1 heterocycles. The number of nitrogens with zero attached hydrogens (tertiary/aromatic N) is 2. The molecule has 1 aliphatic carbocycles. The van der Waals surface area contributed by atoms with Crippen molar-refractivity contribution in [3.8, 4) is 0 Å². The van der Waals surface area contributed by atoms with Crippen LogP contribution in [0.4, 0.5) is 5.69 Å². The molecule has 7 heteroatoms. The molecule has 0 bridgehead atoms. The maximum Gasteiger partial charge on any atom is 0.305 e. The number of halogens is 2. The van der Waals surface area contributed by atoms with Crippen LogP contribution in [0.3, 0.4) is 0 Å². The van der Waals surface area contributed by atoms with E-state index in [9.17, 15) is 4.79 Å². The molecule has 5 nitrogen and oxygen atoms in total. The van der Waals surface area contributed by atoms with E-state index in [4.69, 9.17) is 28.3 Å². The summed E-state index contributed by atoms with van der Waals surface area (Å²) in [5, 5.41) is 20.0. The molecule has 98 valence electrons. The van der Waals surface area contributed by atoms with Gasteiger partial charge in [0.05, 0.1) is 12.1 Å². The number of rotatable bonds is 4. The van der Waals surface area contributed by atoms with Gasteiger partial charge in [-0.2, -0.15) is 0 Å². The van der Waals surface area contributed by atoms with Crippen LogP contribution in [-0.2, 0) is 4.79 Å². The highest BCUT2D eigenvalue weighted by atomic mass is 35.5. The van der Waals surface area contributed by atoms with E-state index in [-0.39, 0.29) is 16.7 Å². The number of anilines is 1. The van der Waals surface area contributed by atoms with Crippen LogP contribution in [0.1, 0.15) is 32.1 Å². The molecule has 1 aromatic rings. The van der Waals surface area contributed by atoms with Gasteiger partial charge in [-0.25, -0.2) is 0 Å². The molecule has 0 aliphatic heterocycles. The van der Waals surface area contributed by atoms with Crippen molar-refractivity contribution in [1.82, 2.24) is 10.2 Å². The molecule has 1 aromatic heterocycles. The highest BCUT2D eigenvalue weighted by molar-refractivity contribution is 6.33. The Bertz CT molecular complexity index is 462. The molecule has 0 amide bonds. The van der Waals surface area contributed by atoms with Gasteiger partial charge in [-0.1, -0.05) is 36.0 Å². The van der Waals surface area contributed by atoms with E-state index >= 15 is 0 Å². The van der Waals surface area contributed by atoms with Gasteiger partial charge in [0.1, 0.15) is 0 Å². The third-order valence-electron chi connectivity index (χ3n) is 3.17. The summed E-state index contributed by atoms with van der Waals surface area (Å²) in [6.07, 6.45) is 3.67. The fourth-order valence-corrected chi connectivity index (χ4v) is 2.70. The van der Waals surface area contributed by atoms with Gasteiger partial charge in [0.2, 0.25) is 0 Å². The third kappa shape index (κ3) is 3.03. The van der Waals surface area contributed by atoms with Crippen molar-refractivity contribution < 1.29 is 9.90 Å². The van der Waals surface area contributed by atoms with E-state index in [0.29, 0.717) is 5.69 Å². The van der Waals surface area contributed by atoms with Crippen molar-refractivity contribution in [2.45, 2.75) is 37.6 Å². The number of nitrogens with one attached hydrogen (secondary N) is 1. The number of aliphatic carboxylic acids is 1. The van der Waals surface area contributed by atoms with Gasteiger partial charge >= 0.3 is 5.97 Å². The third-order valence-corrected chi connectivity index (χ3v) is 3.63. The van der Waals surface area contributed by atoms with Gasteiger partial charge in [0.15, 0.2) is 10.3 Å². The summed E-state index contributed by atoms with van der Waals surface area (Å²) in [5.74, 6) is -0.825. The van der Waals surface area contributed by atoms with Crippen LogP contribution >= 0.6 is 23.2 Å². The Morgan fingerprint density at radius 3 is 2.67 bits per heavy atom. The first kappa shape index (κ1) is 13.4. The van der Waals surface area contributed by atoms with Crippen molar-refractivity contribution in [3.05, 3.63) is 16.4 Å². The summed E-state index contributed by atoms with van der Waals surface area (Å²) in [6.45, 7) is 0. The highest BCUT2D eigenvalue weighted by Gasteiger charge is 2.36. The van der Waals surface area contributed by atoms with E-state index in [1.807, 2.05) is 0 Å². The lowest BCUT2D eigenvalue weighted by atomic mass is 9.93. The number of carboxylic acid groups (broad SMARTS) is 1. The smallest absolute Gasteiger partial charge is 0.305 e. The van der Waals surface area contributed by atoms with E-state index in [0.717, 1.165) is 25.7 Å². The van der Waals surface area contributed by atoms with Crippen molar-refractivity contribution in [2.24, 2.45) is 0 Å². The Morgan fingerprint density at radius 2 is 2.06 bits per heavy atom. The van der Waals surface area contributed by atoms with Gasteiger partial charge in [0.25, 0.3) is 0 Å². The summed E-state index contributed by atoms with van der Waals surface area (Å²) in [4.78, 5) is 11.0. The van der Waals surface area contributed by atoms with Gasteiger partial charge in [0, 0.05) is 11.6 Å². The molecular weight excluding hydrogens is 277 g/mol. The van der Waals surface area contributed by atoms with Crippen molar-refractivity contribution in [2.75, 3.05) is 5.32 Å². The average molecular weight is 290 g/mol. The molecule has 0 spiro atoms. The van der Waals surface area contributed by atoms with E-state index in [1.165, 1.54) is 0 Å². The first-order valence-corrected chi connectivity index (χ1v) is 6.45. The van der Waals surface area contributed by atoms with Crippen LogP contribution < -0.4 is 5.32 Å². The minimum atomic E-state index is -0.825. The van der Waals surface area contributed by atoms with Crippen molar-refractivity contribution in [3.63, 3.8) is 0 Å². The van der Waals surface area contributed by atoms with Crippen LogP contribution in [0, 0.1) is 0 Å². The second-order valence-corrected chi connectivity index (χ2v) is 5.30. The molecule has 0 saturated heterocycles. The minimum Gasteiger partial charge on any atom is -0.481 e. The van der Waals surface area contributed by atoms with Gasteiger partial charge in [-0.15, -0.1) is 10.2 Å². The zero-order valence-corrected chi connectivity index (χ0v) is 11.1. The number of carbonyl (C=O) groups is 1. The Morgan fingerprint density at radius 1 is 1.39 bits per heavy atom. The van der Waals surface area contributed by atoms with Crippen LogP contribution in [0.2, 0.25) is 10.3 Å². The zero-order valence-electron chi connectivity index (χ0n) is 9.62. The fourth-order valence-electron chi connectivity index (χ4n) is 2.41. The topological polar surface area (TPSA) is 75.1 Å². The molecule has 0 unspecified atom stereocenters. The number of hydrogen-bond acceptors (Lipinski definition) is 4. The molecular formula is C11H13Cl2N3O2.